The number of fused-ring (bicyclic) bond motifs is 7. The summed E-state index contributed by atoms with van der Waals surface area (Å²) >= 11 is 0. The van der Waals surface area contributed by atoms with Gasteiger partial charge in [-0.25, -0.2) is 0 Å². The Kier molecular flexibility index (Phi) is 8.55. The Morgan fingerprint density at radius 1 is 0.333 bits per heavy atom. The molecule has 1 aliphatic rings. The van der Waals surface area contributed by atoms with Gasteiger partial charge in [0.25, 0.3) is 0 Å². The molecule has 2 nitrogen and oxygen atoms in total. The highest BCUT2D eigenvalue weighted by atomic mass is 16.3. The van der Waals surface area contributed by atoms with Gasteiger partial charge in [0.15, 0.2) is 0 Å². The van der Waals surface area contributed by atoms with E-state index in [9.17, 15) is 0 Å². The van der Waals surface area contributed by atoms with Crippen LogP contribution >= 0.6 is 0 Å². The highest BCUT2D eigenvalue weighted by Crippen LogP contribution is 2.51. The average molecular weight is 806 g/mol. The first-order chi connectivity index (χ1) is 31.0. The molecule has 12 rings (SSSR count). The summed E-state index contributed by atoms with van der Waals surface area (Å²) in [4.78, 5) is 2.40. The van der Waals surface area contributed by atoms with Crippen molar-refractivity contribution in [2.24, 2.45) is 0 Å². The van der Waals surface area contributed by atoms with Gasteiger partial charge in [-0.05, 0) is 144 Å². The average Bonchev–Trinajstić information content (AvgIpc) is 3.84. The highest BCUT2D eigenvalue weighted by Gasteiger charge is 2.35. The molecular weight excluding hydrogens is 763 g/mol. The van der Waals surface area contributed by atoms with Gasteiger partial charge in [-0.15, -0.1) is 0 Å². The second-order valence-corrected chi connectivity index (χ2v) is 17.3. The van der Waals surface area contributed by atoms with Gasteiger partial charge < -0.3 is 9.32 Å². The van der Waals surface area contributed by atoms with Gasteiger partial charge in [0.1, 0.15) is 11.2 Å². The molecule has 298 valence electrons. The van der Waals surface area contributed by atoms with Crippen molar-refractivity contribution in [1.82, 2.24) is 0 Å². The molecule has 0 saturated heterocycles. The lowest BCUT2D eigenvalue weighted by atomic mass is 9.82. The molecule has 11 aromatic rings. The maximum atomic E-state index is 6.26. The van der Waals surface area contributed by atoms with Crippen LogP contribution in [-0.2, 0) is 5.41 Å². The predicted octanol–water partition coefficient (Wildman–Crippen LogP) is 17.2. The molecule has 0 unspecified atom stereocenters. The number of furan rings is 1. The van der Waals surface area contributed by atoms with E-state index in [1.807, 2.05) is 12.1 Å². The van der Waals surface area contributed by atoms with Crippen molar-refractivity contribution in [3.05, 3.63) is 236 Å². The van der Waals surface area contributed by atoms with E-state index in [4.69, 9.17) is 4.42 Å². The predicted molar refractivity (Wildman–Crippen MR) is 265 cm³/mol. The van der Waals surface area contributed by atoms with E-state index in [1.54, 1.807) is 0 Å². The molecule has 2 heteroatoms. The standard InChI is InChI=1S/C61H43NO/c1-61(2)56-21-7-5-18-53(56)54-35-34-51(39-57(54)61)62(50-32-28-42(29-33-50)52-20-11-23-59-60(52)55-19-6-8-22-58(55)63-59)49-30-26-41(27-31-49)44-14-9-15-45(36-44)46-16-10-17-47(38-46)48-25-24-40-12-3-4-13-43(40)37-48/h3-39H,1-2H3. The molecule has 0 radical (unpaired) electrons. The molecule has 1 heterocycles. The lowest BCUT2D eigenvalue weighted by molar-refractivity contribution is 0.660. The molecule has 0 fully saturated rings. The van der Waals surface area contributed by atoms with E-state index in [1.165, 1.54) is 72.0 Å². The van der Waals surface area contributed by atoms with Crippen LogP contribution in [0.5, 0.6) is 0 Å². The fraction of sp³-hybridized carbons (Fsp3) is 0.0492. The third kappa shape index (κ3) is 6.25. The fourth-order valence-corrected chi connectivity index (χ4v) is 10.0. The van der Waals surface area contributed by atoms with Crippen molar-refractivity contribution in [1.29, 1.82) is 0 Å². The first-order valence-electron chi connectivity index (χ1n) is 21.8. The first kappa shape index (κ1) is 36.9. The summed E-state index contributed by atoms with van der Waals surface area (Å²) in [6, 6.07) is 81.7. The van der Waals surface area contributed by atoms with Crippen LogP contribution in [0.4, 0.5) is 17.1 Å². The number of rotatable bonds is 7. The molecule has 0 saturated carbocycles. The maximum absolute atomic E-state index is 6.26. The van der Waals surface area contributed by atoms with E-state index in [-0.39, 0.29) is 5.41 Å². The van der Waals surface area contributed by atoms with Gasteiger partial charge in [-0.1, -0.05) is 172 Å². The molecule has 0 bridgehead atoms. The molecule has 0 amide bonds. The largest absolute Gasteiger partial charge is 0.456 e. The van der Waals surface area contributed by atoms with Crippen LogP contribution in [-0.4, -0.2) is 0 Å². The minimum atomic E-state index is -0.118. The Morgan fingerprint density at radius 2 is 0.857 bits per heavy atom. The molecular formula is C61H43NO. The summed E-state index contributed by atoms with van der Waals surface area (Å²) in [5, 5.41) is 4.79. The zero-order chi connectivity index (χ0) is 42.1. The van der Waals surface area contributed by atoms with Gasteiger partial charge in [-0.3, -0.25) is 0 Å². The van der Waals surface area contributed by atoms with E-state index < -0.39 is 0 Å². The molecule has 63 heavy (non-hydrogen) atoms. The minimum Gasteiger partial charge on any atom is -0.456 e. The van der Waals surface area contributed by atoms with Crippen LogP contribution in [0, 0.1) is 0 Å². The molecule has 0 aliphatic heterocycles. The summed E-state index contributed by atoms with van der Waals surface area (Å²) in [5.74, 6) is 0. The smallest absolute Gasteiger partial charge is 0.136 e. The summed E-state index contributed by atoms with van der Waals surface area (Å²) < 4.78 is 6.26. The lowest BCUT2D eigenvalue weighted by Crippen LogP contribution is -2.16. The monoisotopic (exact) mass is 805 g/mol. The van der Waals surface area contributed by atoms with Gasteiger partial charge in [0.05, 0.1) is 0 Å². The van der Waals surface area contributed by atoms with Crippen LogP contribution in [0.3, 0.4) is 0 Å². The molecule has 1 aliphatic carbocycles. The zero-order valence-electron chi connectivity index (χ0n) is 35.2. The highest BCUT2D eigenvalue weighted by molar-refractivity contribution is 6.12. The van der Waals surface area contributed by atoms with Crippen LogP contribution in [0.1, 0.15) is 25.0 Å². The Hall–Kier alpha value is -7.94. The summed E-state index contributed by atoms with van der Waals surface area (Å²) in [6.07, 6.45) is 0. The number of benzene rings is 10. The van der Waals surface area contributed by atoms with Crippen LogP contribution in [0.15, 0.2) is 229 Å². The lowest BCUT2D eigenvalue weighted by Gasteiger charge is -2.28. The Bertz CT molecular complexity index is 3540. The Labute approximate surface area is 368 Å². The Morgan fingerprint density at radius 3 is 1.60 bits per heavy atom. The van der Waals surface area contributed by atoms with E-state index in [0.717, 1.165) is 44.6 Å². The van der Waals surface area contributed by atoms with Crippen LogP contribution in [0.2, 0.25) is 0 Å². The van der Waals surface area contributed by atoms with Crippen LogP contribution in [0.25, 0.3) is 88.3 Å². The van der Waals surface area contributed by atoms with Crippen molar-refractivity contribution < 1.29 is 4.42 Å². The topological polar surface area (TPSA) is 16.4 Å². The quantitative estimate of drug-likeness (QED) is 0.160. The summed E-state index contributed by atoms with van der Waals surface area (Å²) in [7, 11) is 0. The normalized spacial score (nSPS) is 12.7. The van der Waals surface area contributed by atoms with E-state index in [2.05, 4.69) is 231 Å². The number of para-hydroxylation sites is 1. The molecule has 1 aromatic heterocycles. The van der Waals surface area contributed by atoms with Gasteiger partial charge in [-0.2, -0.15) is 0 Å². The fourth-order valence-electron chi connectivity index (χ4n) is 10.0. The molecule has 0 spiro atoms. The maximum Gasteiger partial charge on any atom is 0.136 e. The van der Waals surface area contributed by atoms with Crippen molar-refractivity contribution >= 4 is 49.8 Å². The number of hydrogen-bond acceptors (Lipinski definition) is 2. The first-order valence-corrected chi connectivity index (χ1v) is 21.8. The van der Waals surface area contributed by atoms with E-state index >= 15 is 0 Å². The molecule has 0 atom stereocenters. The van der Waals surface area contributed by atoms with Crippen molar-refractivity contribution in [3.63, 3.8) is 0 Å². The SMILES string of the molecule is CC1(C)c2ccccc2-c2ccc(N(c3ccc(-c4cccc(-c5cccc(-c6ccc7ccccc7c6)c5)c4)cc3)c3ccc(-c4cccc5oc6ccccc6c45)cc3)cc21. The second-order valence-electron chi connectivity index (χ2n) is 17.3. The third-order valence-corrected chi connectivity index (χ3v) is 13.3. The van der Waals surface area contributed by atoms with Crippen molar-refractivity contribution in [2.75, 3.05) is 4.90 Å². The minimum absolute atomic E-state index is 0.118. The zero-order valence-corrected chi connectivity index (χ0v) is 35.2. The van der Waals surface area contributed by atoms with Gasteiger partial charge in [0.2, 0.25) is 0 Å². The van der Waals surface area contributed by atoms with E-state index in [0.29, 0.717) is 0 Å². The molecule has 0 N–H and O–H groups in total. The molecule has 10 aromatic carbocycles. The number of hydrogen-bond donors (Lipinski definition) is 0. The van der Waals surface area contributed by atoms with Crippen molar-refractivity contribution in [2.45, 2.75) is 19.3 Å². The summed E-state index contributed by atoms with van der Waals surface area (Å²) in [6.45, 7) is 4.70. The number of nitrogens with zero attached hydrogens (tertiary/aromatic N) is 1. The second kappa shape index (κ2) is 14.6. The third-order valence-electron chi connectivity index (χ3n) is 13.3. The summed E-state index contributed by atoms with van der Waals surface area (Å²) in [5.41, 5.74) is 19.9. The van der Waals surface area contributed by atoms with Crippen molar-refractivity contribution in [3.8, 4) is 55.6 Å². The number of anilines is 3. The van der Waals surface area contributed by atoms with Gasteiger partial charge >= 0.3 is 0 Å². The van der Waals surface area contributed by atoms with Crippen LogP contribution < -0.4 is 4.90 Å². The Balaban J connectivity index is 0.914. The van der Waals surface area contributed by atoms with Gasteiger partial charge in [0, 0.05) is 33.2 Å².